The third kappa shape index (κ3) is 3.75. The molecular weight excluding hydrogens is 432 g/mol. The van der Waals surface area contributed by atoms with E-state index in [9.17, 15) is 31.4 Å². The van der Waals surface area contributed by atoms with Crippen molar-refractivity contribution < 1.29 is 31.4 Å². The van der Waals surface area contributed by atoms with Gasteiger partial charge in [0.15, 0.2) is 0 Å². The second-order valence-electron chi connectivity index (χ2n) is 7.49. The molecule has 0 spiro atoms. The first-order valence-electron chi connectivity index (χ1n) is 9.60. The van der Waals surface area contributed by atoms with Crippen molar-refractivity contribution in [2.45, 2.75) is 24.5 Å². The standard InChI is InChI=1S/C24H17F6NO/c25-23(26,27)22(32,24(28,29)30)20-9-10-21-19(14-20)11-12-31(21)15-16-5-4-8-18(13-16)17-6-2-1-3-7-17/h1-14,32H,15H2. The topological polar surface area (TPSA) is 25.2 Å². The van der Waals surface area contributed by atoms with Crippen LogP contribution in [0.5, 0.6) is 0 Å². The maximum atomic E-state index is 13.2. The fourth-order valence-electron chi connectivity index (χ4n) is 3.73. The first-order valence-corrected chi connectivity index (χ1v) is 9.60. The summed E-state index contributed by atoms with van der Waals surface area (Å²) in [6, 6.07) is 21.4. The number of alkyl halides is 6. The summed E-state index contributed by atoms with van der Waals surface area (Å²) in [6.07, 6.45) is -10.2. The third-order valence-corrected chi connectivity index (χ3v) is 5.40. The van der Waals surface area contributed by atoms with E-state index in [2.05, 4.69) is 0 Å². The second kappa shape index (κ2) is 7.70. The average molecular weight is 449 g/mol. The Hall–Kier alpha value is -3.26. The van der Waals surface area contributed by atoms with Crippen LogP contribution in [0.4, 0.5) is 26.3 Å². The highest BCUT2D eigenvalue weighted by Crippen LogP contribution is 2.50. The molecule has 4 rings (SSSR count). The van der Waals surface area contributed by atoms with E-state index >= 15 is 0 Å². The van der Waals surface area contributed by atoms with Crippen molar-refractivity contribution in [2.24, 2.45) is 0 Å². The molecule has 0 amide bonds. The van der Waals surface area contributed by atoms with Crippen LogP contribution in [0.15, 0.2) is 85.1 Å². The Kier molecular flexibility index (Phi) is 5.29. The van der Waals surface area contributed by atoms with E-state index in [1.54, 1.807) is 10.8 Å². The van der Waals surface area contributed by atoms with E-state index in [0.29, 0.717) is 18.1 Å². The van der Waals surface area contributed by atoms with Gasteiger partial charge in [-0.3, -0.25) is 0 Å². The van der Waals surface area contributed by atoms with Gasteiger partial charge >= 0.3 is 12.4 Å². The third-order valence-electron chi connectivity index (χ3n) is 5.40. The lowest BCUT2D eigenvalue weighted by molar-refractivity contribution is -0.376. The maximum Gasteiger partial charge on any atom is 0.430 e. The van der Waals surface area contributed by atoms with Crippen molar-refractivity contribution >= 4 is 10.9 Å². The van der Waals surface area contributed by atoms with E-state index in [1.807, 2.05) is 54.6 Å². The van der Waals surface area contributed by atoms with Gasteiger partial charge in [-0.05, 0) is 46.3 Å². The lowest BCUT2D eigenvalue weighted by Crippen LogP contribution is -2.53. The first kappa shape index (κ1) is 22.0. The van der Waals surface area contributed by atoms with Crippen LogP contribution in [0.25, 0.3) is 22.0 Å². The van der Waals surface area contributed by atoms with E-state index in [-0.39, 0.29) is 5.39 Å². The first-order chi connectivity index (χ1) is 15.0. The number of aliphatic hydroxyl groups is 1. The van der Waals surface area contributed by atoms with Crippen LogP contribution in [0.1, 0.15) is 11.1 Å². The molecule has 8 heteroatoms. The van der Waals surface area contributed by atoms with E-state index < -0.39 is 23.5 Å². The molecule has 0 saturated carbocycles. The molecule has 1 aromatic heterocycles. The van der Waals surface area contributed by atoms with Crippen LogP contribution in [-0.2, 0) is 12.1 Å². The predicted molar refractivity (Wildman–Crippen MR) is 109 cm³/mol. The zero-order valence-electron chi connectivity index (χ0n) is 16.5. The summed E-state index contributed by atoms with van der Waals surface area (Å²) in [4.78, 5) is 0. The monoisotopic (exact) mass is 449 g/mol. The molecule has 0 fully saturated rings. The Bertz CT molecular complexity index is 1230. The van der Waals surface area contributed by atoms with Crippen molar-refractivity contribution in [1.29, 1.82) is 0 Å². The molecule has 0 radical (unpaired) electrons. The second-order valence-corrected chi connectivity index (χ2v) is 7.49. The zero-order chi connectivity index (χ0) is 23.1. The number of halogens is 6. The molecule has 0 unspecified atom stereocenters. The van der Waals surface area contributed by atoms with Crippen LogP contribution < -0.4 is 0 Å². The Morgan fingerprint density at radius 2 is 1.34 bits per heavy atom. The van der Waals surface area contributed by atoms with E-state index in [0.717, 1.165) is 28.8 Å². The van der Waals surface area contributed by atoms with Gasteiger partial charge in [-0.1, -0.05) is 54.6 Å². The quantitative estimate of drug-likeness (QED) is 0.346. The summed E-state index contributed by atoms with van der Waals surface area (Å²) in [5.41, 5.74) is -2.84. The van der Waals surface area contributed by atoms with Crippen molar-refractivity contribution in [2.75, 3.05) is 0 Å². The predicted octanol–water partition coefficient (Wildman–Crippen LogP) is 6.67. The molecule has 0 bridgehead atoms. The Balaban J connectivity index is 1.69. The van der Waals surface area contributed by atoms with Gasteiger partial charge in [-0.25, -0.2) is 0 Å². The highest BCUT2D eigenvalue weighted by atomic mass is 19.4. The molecule has 32 heavy (non-hydrogen) atoms. The molecule has 0 aliphatic carbocycles. The molecule has 3 aromatic carbocycles. The van der Waals surface area contributed by atoms with Gasteiger partial charge in [0.2, 0.25) is 0 Å². The minimum Gasteiger partial charge on any atom is -0.369 e. The van der Waals surface area contributed by atoms with Crippen LogP contribution in [0, 0.1) is 0 Å². The number of fused-ring (bicyclic) bond motifs is 1. The van der Waals surface area contributed by atoms with Gasteiger partial charge < -0.3 is 9.67 Å². The molecule has 1 heterocycles. The molecule has 1 N–H and O–H groups in total. The van der Waals surface area contributed by atoms with Crippen molar-refractivity contribution in [1.82, 2.24) is 4.57 Å². The normalized spacial score (nSPS) is 13.0. The maximum absolute atomic E-state index is 13.2. The summed E-state index contributed by atoms with van der Waals surface area (Å²) in [6.45, 7) is 0.367. The zero-order valence-corrected chi connectivity index (χ0v) is 16.5. The van der Waals surface area contributed by atoms with Crippen molar-refractivity contribution in [3.05, 3.63) is 96.2 Å². The van der Waals surface area contributed by atoms with Gasteiger partial charge in [-0.2, -0.15) is 26.3 Å². The lowest BCUT2D eigenvalue weighted by atomic mass is 9.91. The van der Waals surface area contributed by atoms with Gasteiger partial charge in [-0.15, -0.1) is 0 Å². The van der Waals surface area contributed by atoms with Crippen LogP contribution in [0.2, 0.25) is 0 Å². The fourth-order valence-corrected chi connectivity index (χ4v) is 3.73. The molecule has 4 aromatic rings. The van der Waals surface area contributed by atoms with Gasteiger partial charge in [0.1, 0.15) is 0 Å². The highest BCUT2D eigenvalue weighted by Gasteiger charge is 2.71. The van der Waals surface area contributed by atoms with Crippen LogP contribution >= 0.6 is 0 Å². The summed E-state index contributed by atoms with van der Waals surface area (Å²) in [7, 11) is 0. The number of nitrogens with zero attached hydrogens (tertiary/aromatic N) is 1. The Labute approximate surface area is 179 Å². The number of aromatic nitrogens is 1. The summed E-state index contributed by atoms with van der Waals surface area (Å²) in [5, 5.41) is 9.80. The number of hydrogen-bond acceptors (Lipinski definition) is 1. The summed E-state index contributed by atoms with van der Waals surface area (Å²) in [5.74, 6) is 0. The number of hydrogen-bond donors (Lipinski definition) is 1. The average Bonchev–Trinajstić information content (AvgIpc) is 3.14. The SMILES string of the molecule is OC(c1ccc2c(ccn2Cc2cccc(-c3ccccc3)c2)c1)(C(F)(F)F)C(F)(F)F. The highest BCUT2D eigenvalue weighted by molar-refractivity contribution is 5.81. The van der Waals surface area contributed by atoms with Gasteiger partial charge in [0.25, 0.3) is 5.60 Å². The molecular formula is C24H17F6NO. The van der Waals surface area contributed by atoms with E-state index in [1.165, 1.54) is 6.07 Å². The molecule has 166 valence electrons. The smallest absolute Gasteiger partial charge is 0.369 e. The fraction of sp³-hybridized carbons (Fsp3) is 0.167. The van der Waals surface area contributed by atoms with Gasteiger partial charge in [0.05, 0.1) is 0 Å². The minimum absolute atomic E-state index is 0.161. The van der Waals surface area contributed by atoms with E-state index in [4.69, 9.17) is 0 Å². The van der Waals surface area contributed by atoms with Crippen LogP contribution in [0.3, 0.4) is 0 Å². The molecule has 0 aliphatic rings. The Morgan fingerprint density at radius 3 is 2.00 bits per heavy atom. The molecule has 0 atom stereocenters. The number of benzene rings is 3. The largest absolute Gasteiger partial charge is 0.430 e. The number of rotatable bonds is 4. The van der Waals surface area contributed by atoms with Crippen molar-refractivity contribution in [3.8, 4) is 11.1 Å². The van der Waals surface area contributed by atoms with Crippen molar-refractivity contribution in [3.63, 3.8) is 0 Å². The minimum atomic E-state index is -5.92. The van der Waals surface area contributed by atoms with Crippen LogP contribution in [-0.4, -0.2) is 22.0 Å². The summed E-state index contributed by atoms with van der Waals surface area (Å²) < 4.78 is 80.8. The summed E-state index contributed by atoms with van der Waals surface area (Å²) >= 11 is 0. The van der Waals surface area contributed by atoms with Gasteiger partial charge in [0, 0.05) is 23.8 Å². The molecule has 0 saturated heterocycles. The lowest BCUT2D eigenvalue weighted by Gasteiger charge is -2.32. The molecule has 0 aliphatic heterocycles. The Morgan fingerprint density at radius 1 is 0.688 bits per heavy atom. The molecule has 2 nitrogen and oxygen atoms in total.